The molecule has 0 radical (unpaired) electrons. The van der Waals surface area contributed by atoms with Crippen molar-refractivity contribution in [3.05, 3.63) is 123 Å². The Kier molecular flexibility index (Phi) is 17.4. The van der Waals surface area contributed by atoms with E-state index in [1.807, 2.05) is 48.5 Å². The summed E-state index contributed by atoms with van der Waals surface area (Å²) in [5.74, 6) is -3.25. The Morgan fingerprint density at radius 3 is 2.11 bits per heavy atom. The van der Waals surface area contributed by atoms with Crippen LogP contribution < -0.4 is 31.7 Å². The number of alkyl carbamates (subject to hydrolysis) is 1. The van der Waals surface area contributed by atoms with Crippen LogP contribution in [0.25, 0.3) is 11.1 Å². The van der Waals surface area contributed by atoms with Gasteiger partial charge in [0, 0.05) is 35.8 Å². The van der Waals surface area contributed by atoms with Crippen LogP contribution in [-0.2, 0) is 39.7 Å². The van der Waals surface area contributed by atoms with Crippen LogP contribution in [0, 0.1) is 16.0 Å². The number of non-ortho nitro benzene ring substituents is 1. The van der Waals surface area contributed by atoms with E-state index < -0.39 is 69.0 Å². The number of rotatable bonds is 20. The second kappa shape index (κ2) is 22.2. The summed E-state index contributed by atoms with van der Waals surface area (Å²) in [6, 6.07) is 20.8. The number of nitro groups is 1. The minimum atomic E-state index is -4.73. The third-order valence-electron chi connectivity index (χ3n) is 9.64. The topological polar surface area (TPSA) is 285 Å². The molecule has 0 fully saturated rings. The van der Waals surface area contributed by atoms with E-state index in [1.165, 1.54) is 30.3 Å². The van der Waals surface area contributed by atoms with Crippen molar-refractivity contribution >= 4 is 81.5 Å². The predicted octanol–water partition coefficient (Wildman–Crippen LogP) is 4.02. The Balaban J connectivity index is 0.00000845. The van der Waals surface area contributed by atoms with Gasteiger partial charge in [0.1, 0.15) is 30.2 Å². The van der Waals surface area contributed by atoms with Crippen molar-refractivity contribution in [1.29, 1.82) is 0 Å². The third-order valence-corrected chi connectivity index (χ3v) is 10.3. The van der Waals surface area contributed by atoms with E-state index in [0.717, 1.165) is 34.4 Å². The van der Waals surface area contributed by atoms with Crippen LogP contribution in [0.5, 0.6) is 5.75 Å². The number of nitrogens with two attached hydrogens (primary N) is 1. The van der Waals surface area contributed by atoms with E-state index in [9.17, 15) is 47.1 Å². The first-order valence-corrected chi connectivity index (χ1v) is 20.5. The summed E-state index contributed by atoms with van der Waals surface area (Å²) < 4.78 is 50.3. The summed E-state index contributed by atoms with van der Waals surface area (Å²) in [6.07, 6.45) is -2.35. The van der Waals surface area contributed by atoms with Gasteiger partial charge in [-0.15, -0.1) is 0 Å². The summed E-state index contributed by atoms with van der Waals surface area (Å²) in [4.78, 5) is 74.0. The van der Waals surface area contributed by atoms with E-state index in [0.29, 0.717) is 0 Å². The van der Waals surface area contributed by atoms with Crippen molar-refractivity contribution < 1.29 is 56.1 Å². The zero-order valence-electron chi connectivity index (χ0n) is 32.9. The molecule has 0 bridgehead atoms. The van der Waals surface area contributed by atoms with Gasteiger partial charge < -0.3 is 41.2 Å². The number of nitrogens with one attached hydrogen (secondary N) is 4. The molecule has 0 aliphatic heterocycles. The van der Waals surface area contributed by atoms with E-state index in [1.54, 1.807) is 13.8 Å². The van der Waals surface area contributed by atoms with Gasteiger partial charge in [-0.2, -0.15) is 8.42 Å². The third kappa shape index (κ3) is 13.2. The Morgan fingerprint density at radius 2 is 1.55 bits per heavy atom. The second-order valence-electron chi connectivity index (χ2n) is 14.2. The van der Waals surface area contributed by atoms with Gasteiger partial charge in [-0.05, 0) is 76.9 Å². The molecule has 0 aromatic heterocycles. The number of nitrogens with zero attached hydrogens (tertiary/aromatic N) is 1. The number of primary amides is 1. The zero-order valence-corrected chi connectivity index (χ0v) is 33.8. The van der Waals surface area contributed by atoms with E-state index in [-0.39, 0.29) is 96.2 Å². The average Bonchev–Trinajstić information content (AvgIpc) is 3.53. The van der Waals surface area contributed by atoms with Crippen LogP contribution in [-0.4, -0.2) is 103 Å². The Hall–Kier alpha value is -6.06. The number of hydrogen-bond donors (Lipinski definition) is 6. The molecule has 19 nitrogen and oxygen atoms in total. The molecule has 4 aromatic carbocycles. The quantitative estimate of drug-likeness (QED) is 0.0139. The van der Waals surface area contributed by atoms with Crippen LogP contribution >= 0.6 is 0 Å². The first-order chi connectivity index (χ1) is 29.0. The minimum absolute atomic E-state index is 0. The summed E-state index contributed by atoms with van der Waals surface area (Å²) in [5.41, 5.74) is 8.75. The zero-order chi connectivity index (χ0) is 44.3. The van der Waals surface area contributed by atoms with Gasteiger partial charge in [-0.1, -0.05) is 62.4 Å². The van der Waals surface area contributed by atoms with Crippen molar-refractivity contribution in [2.24, 2.45) is 11.7 Å². The average molecular weight is 885 g/mol. The molecule has 324 valence electrons. The summed E-state index contributed by atoms with van der Waals surface area (Å²) in [5, 5.41) is 21.3. The number of nitro benzene ring substituents is 1. The van der Waals surface area contributed by atoms with Gasteiger partial charge in [0.25, 0.3) is 28.6 Å². The van der Waals surface area contributed by atoms with Crippen molar-refractivity contribution in [1.82, 2.24) is 16.0 Å². The molecule has 0 saturated heterocycles. The second-order valence-corrected chi connectivity index (χ2v) is 15.7. The molecule has 0 saturated carbocycles. The SMILES string of the molecule is CC(C)[C@H](NC(=O)OCC1c2ccccc2-c2ccccc21)C(=O)N[C@@H](CCCNC(N)=O)C(=O)Nc1ccc(C(OC=O)Oc2ccc([N+](=O)[O-])cc2)c(CS(=O)(=O)O)c1.[NaH]. The van der Waals surface area contributed by atoms with Crippen molar-refractivity contribution in [2.45, 2.75) is 56.7 Å². The van der Waals surface area contributed by atoms with Gasteiger partial charge >= 0.3 is 41.7 Å². The number of benzene rings is 4. The number of fused-ring (bicyclic) bond motifs is 3. The van der Waals surface area contributed by atoms with E-state index in [2.05, 4.69) is 21.3 Å². The molecule has 0 spiro atoms. The summed E-state index contributed by atoms with van der Waals surface area (Å²) in [7, 11) is -4.73. The number of hydrogen-bond acceptors (Lipinski definition) is 12. The molecule has 7 N–H and O–H groups in total. The van der Waals surface area contributed by atoms with Crippen molar-refractivity contribution in [3.63, 3.8) is 0 Å². The van der Waals surface area contributed by atoms with Gasteiger partial charge in [0.05, 0.1) is 4.92 Å². The van der Waals surface area contributed by atoms with Crippen LogP contribution in [0.4, 0.5) is 21.0 Å². The van der Waals surface area contributed by atoms with Crippen LogP contribution in [0.15, 0.2) is 91.0 Å². The molecule has 4 aromatic rings. The maximum absolute atomic E-state index is 13.8. The van der Waals surface area contributed by atoms with Gasteiger partial charge in [-0.3, -0.25) is 29.1 Å². The fraction of sp³-hybridized carbons (Fsp3) is 0.293. The monoisotopic (exact) mass is 884 g/mol. The molecule has 1 aliphatic carbocycles. The van der Waals surface area contributed by atoms with Crippen molar-refractivity contribution in [2.75, 3.05) is 18.5 Å². The Bertz CT molecular complexity index is 2340. The molecular weight excluding hydrogens is 840 g/mol. The molecule has 21 heteroatoms. The summed E-state index contributed by atoms with van der Waals surface area (Å²) in [6.45, 7) is 3.43. The molecule has 1 aliphatic rings. The molecule has 62 heavy (non-hydrogen) atoms. The van der Waals surface area contributed by atoms with Gasteiger partial charge in [0.15, 0.2) is 0 Å². The molecule has 0 heterocycles. The number of urea groups is 1. The molecule has 5 rings (SSSR count). The van der Waals surface area contributed by atoms with Crippen LogP contribution in [0.2, 0.25) is 0 Å². The van der Waals surface area contributed by atoms with E-state index >= 15 is 0 Å². The number of ether oxygens (including phenoxy) is 3. The first-order valence-electron chi connectivity index (χ1n) is 18.9. The summed E-state index contributed by atoms with van der Waals surface area (Å²) >= 11 is 0. The fourth-order valence-corrected chi connectivity index (χ4v) is 7.44. The molecule has 3 atom stereocenters. The maximum atomic E-state index is 13.8. The van der Waals surface area contributed by atoms with Gasteiger partial charge in [0.2, 0.25) is 11.8 Å². The molecular formula is C41H45N6NaO13S. The van der Waals surface area contributed by atoms with E-state index in [4.69, 9.17) is 19.9 Å². The number of anilines is 1. The predicted molar refractivity (Wildman–Crippen MR) is 227 cm³/mol. The Morgan fingerprint density at radius 1 is 0.919 bits per heavy atom. The standard InChI is InChI=1S/C41H44N6O13S.Na.H/c1-24(2)36(46-41(52)58-21-34-32-10-5-3-8-30(32)31-9-4-6-11-33(31)34)38(50)45-35(12-7-19-43-40(42)51)37(49)44-26-13-18-29(25(20-26)22-61(55,56)57)39(59-23-48)60-28-16-14-27(15-17-28)47(53)54;;/h3-6,8-11,13-18,20,23-24,34-36,39H,7,12,19,21-22H2,1-2H3,(H,44,49)(H,45,50)(H,46,52)(H3,42,43,51)(H,55,56,57);;/t35-,36-,39?;;/m0../s1. The number of carbonyl (C=O) groups is 5. The number of amides is 5. The molecule has 1 unspecified atom stereocenters. The molecule has 5 amide bonds. The van der Waals surface area contributed by atoms with Gasteiger partial charge in [-0.25, -0.2) is 9.59 Å². The fourth-order valence-electron chi connectivity index (χ4n) is 6.80. The van der Waals surface area contributed by atoms with Crippen molar-refractivity contribution in [3.8, 4) is 16.9 Å². The van der Waals surface area contributed by atoms with Crippen LogP contribution in [0.1, 0.15) is 61.2 Å². The first kappa shape index (κ1) is 48.6. The Labute approximate surface area is 378 Å². The van der Waals surface area contributed by atoms with Crippen LogP contribution in [0.3, 0.4) is 0 Å². The number of carbonyl (C=O) groups excluding carboxylic acids is 5. The normalized spacial score (nSPS) is 13.2.